The summed E-state index contributed by atoms with van der Waals surface area (Å²) in [4.78, 5) is 19.8. The van der Waals surface area contributed by atoms with E-state index in [9.17, 15) is 31.1 Å². The molecule has 6 nitrogen and oxygen atoms in total. The maximum Gasteiger partial charge on any atom is 0.416 e. The van der Waals surface area contributed by atoms with Crippen LogP contribution >= 0.6 is 0 Å². The number of hydrogen-bond acceptors (Lipinski definition) is 5. The Morgan fingerprint density at radius 3 is 2.16 bits per heavy atom. The van der Waals surface area contributed by atoms with Gasteiger partial charge in [0.25, 0.3) is 0 Å². The summed E-state index contributed by atoms with van der Waals surface area (Å²) in [6.45, 7) is 1.55. The molecule has 4 rings (SSSR count). The number of amides is 1. The molecule has 0 aliphatic heterocycles. The van der Waals surface area contributed by atoms with Crippen molar-refractivity contribution in [1.29, 1.82) is 0 Å². The van der Waals surface area contributed by atoms with Crippen LogP contribution in [0.1, 0.15) is 27.2 Å². The molecule has 0 saturated heterocycles. The Morgan fingerprint density at radius 1 is 1.00 bits per heavy atom. The molecule has 0 unspecified atom stereocenters. The molecule has 1 amide bonds. The Bertz CT molecular complexity index is 1330. The number of benzene rings is 2. The van der Waals surface area contributed by atoms with Crippen LogP contribution in [0.4, 0.5) is 26.3 Å². The fourth-order valence-electron chi connectivity index (χ4n) is 3.19. The van der Waals surface area contributed by atoms with Crippen LogP contribution in [0.5, 0.6) is 0 Å². The van der Waals surface area contributed by atoms with Gasteiger partial charge in [0.05, 0.1) is 27.6 Å². The smallest absolute Gasteiger partial charge is 0.366 e. The van der Waals surface area contributed by atoms with Crippen molar-refractivity contribution in [2.45, 2.75) is 19.3 Å². The van der Waals surface area contributed by atoms with Crippen molar-refractivity contribution in [1.82, 2.24) is 15.1 Å². The normalized spacial score (nSPS) is 12.6. The van der Waals surface area contributed by atoms with Gasteiger partial charge >= 0.3 is 12.4 Å². The molecule has 31 heavy (non-hydrogen) atoms. The van der Waals surface area contributed by atoms with E-state index >= 15 is 0 Å². The summed E-state index contributed by atoms with van der Waals surface area (Å²) in [6, 6.07) is 2.31. The fraction of sp³-hybridized carbons (Fsp3) is 0.158. The first-order valence-corrected chi connectivity index (χ1v) is 8.51. The molecular formula is C19H10F6N4O2. The molecule has 2 heterocycles. The lowest BCUT2D eigenvalue weighted by Gasteiger charge is -2.14. The highest BCUT2D eigenvalue weighted by Gasteiger charge is 2.37. The number of carbonyl (C=O) groups is 1. The molecule has 160 valence electrons. The van der Waals surface area contributed by atoms with Crippen molar-refractivity contribution in [2.24, 2.45) is 5.73 Å². The predicted octanol–water partition coefficient (Wildman–Crippen LogP) is 4.88. The summed E-state index contributed by atoms with van der Waals surface area (Å²) in [5.74, 6) is -0.946. The van der Waals surface area contributed by atoms with E-state index in [1.807, 2.05) is 0 Å². The molecule has 2 aromatic heterocycles. The number of hydrogen-bond donors (Lipinski definition) is 1. The van der Waals surface area contributed by atoms with Gasteiger partial charge in [0.2, 0.25) is 5.91 Å². The Hall–Kier alpha value is -3.70. The first-order valence-electron chi connectivity index (χ1n) is 8.51. The van der Waals surface area contributed by atoms with Gasteiger partial charge in [-0.3, -0.25) is 4.79 Å². The lowest BCUT2D eigenvalue weighted by atomic mass is 10.0. The van der Waals surface area contributed by atoms with Gasteiger partial charge in [0, 0.05) is 17.1 Å². The third-order valence-corrected chi connectivity index (χ3v) is 4.60. The summed E-state index contributed by atoms with van der Waals surface area (Å²) < 4.78 is 83.9. The van der Waals surface area contributed by atoms with Gasteiger partial charge in [-0.2, -0.15) is 26.3 Å². The van der Waals surface area contributed by atoms with E-state index < -0.39 is 40.8 Å². The molecular weight excluding hydrogens is 430 g/mol. The van der Waals surface area contributed by atoms with Gasteiger partial charge in [-0.25, -0.2) is 9.97 Å². The average molecular weight is 440 g/mol. The number of alkyl halides is 6. The van der Waals surface area contributed by atoms with Crippen LogP contribution in [0.3, 0.4) is 0 Å². The third-order valence-electron chi connectivity index (χ3n) is 4.60. The zero-order valence-corrected chi connectivity index (χ0v) is 15.4. The Morgan fingerprint density at radius 2 is 1.61 bits per heavy atom. The van der Waals surface area contributed by atoms with Crippen LogP contribution in [0.2, 0.25) is 0 Å². The molecule has 0 aliphatic carbocycles. The third kappa shape index (κ3) is 3.53. The Labute approximate surface area is 168 Å². The molecule has 2 aromatic carbocycles. The molecule has 0 fully saturated rings. The summed E-state index contributed by atoms with van der Waals surface area (Å²) in [5.41, 5.74) is 2.11. The van der Waals surface area contributed by atoms with Crippen molar-refractivity contribution in [3.8, 4) is 11.4 Å². The molecule has 0 aliphatic rings. The number of primary amides is 1. The van der Waals surface area contributed by atoms with E-state index in [-0.39, 0.29) is 28.0 Å². The summed E-state index contributed by atoms with van der Waals surface area (Å²) in [5, 5.41) is 4.42. The minimum atomic E-state index is -5.02. The van der Waals surface area contributed by atoms with Crippen LogP contribution in [0.25, 0.3) is 33.2 Å². The number of carbonyl (C=O) groups excluding carboxylic acids is 1. The molecule has 0 atom stereocenters. The second kappa shape index (κ2) is 6.65. The average Bonchev–Trinajstić information content (AvgIpc) is 3.07. The molecule has 2 N–H and O–H groups in total. The van der Waals surface area contributed by atoms with Crippen molar-refractivity contribution in [3.05, 3.63) is 52.9 Å². The zero-order chi connectivity index (χ0) is 22.7. The van der Waals surface area contributed by atoms with Gasteiger partial charge in [-0.15, -0.1) is 0 Å². The topological polar surface area (TPSA) is 94.9 Å². The van der Waals surface area contributed by atoms with Crippen LogP contribution in [0, 0.1) is 6.92 Å². The first-order chi connectivity index (χ1) is 14.4. The van der Waals surface area contributed by atoms with Crippen LogP contribution in [-0.2, 0) is 12.4 Å². The summed E-state index contributed by atoms with van der Waals surface area (Å²) in [7, 11) is 0. The zero-order valence-electron chi connectivity index (χ0n) is 15.4. The lowest BCUT2D eigenvalue weighted by molar-refractivity contribution is -0.143. The second-order valence-electron chi connectivity index (χ2n) is 6.67. The number of nitrogens with two attached hydrogens (primary N) is 1. The van der Waals surface area contributed by atoms with E-state index in [0.29, 0.717) is 23.3 Å². The minimum absolute atomic E-state index is 0.00840. The van der Waals surface area contributed by atoms with Gasteiger partial charge < -0.3 is 10.3 Å². The summed E-state index contributed by atoms with van der Waals surface area (Å²) >= 11 is 0. The van der Waals surface area contributed by atoms with Gasteiger partial charge in [0.1, 0.15) is 11.3 Å². The standard InChI is InChI=1S/C19H10F6N4O2/c1-7-14-11(16(26)30)5-13-12(15(14)29-31-7)6-27-17(28-13)8-2-9(18(20,21)22)4-10(3-8)19(23,24)25/h2-6H,1H3,(H2,26,30). The van der Waals surface area contributed by atoms with Gasteiger partial charge in [0.15, 0.2) is 5.82 Å². The highest BCUT2D eigenvalue weighted by molar-refractivity contribution is 6.15. The predicted molar refractivity (Wildman–Crippen MR) is 95.8 cm³/mol. The van der Waals surface area contributed by atoms with Crippen molar-refractivity contribution >= 4 is 27.7 Å². The van der Waals surface area contributed by atoms with Crippen molar-refractivity contribution < 1.29 is 35.7 Å². The molecule has 4 aromatic rings. The second-order valence-corrected chi connectivity index (χ2v) is 6.67. The van der Waals surface area contributed by atoms with E-state index in [1.165, 1.54) is 12.3 Å². The quantitative estimate of drug-likeness (QED) is 0.448. The largest absolute Gasteiger partial charge is 0.416 e. The van der Waals surface area contributed by atoms with Gasteiger partial charge in [-0.1, -0.05) is 5.16 Å². The Balaban J connectivity index is 1.99. The van der Waals surface area contributed by atoms with E-state index in [4.69, 9.17) is 10.3 Å². The van der Waals surface area contributed by atoms with Gasteiger partial charge in [-0.05, 0) is 31.2 Å². The summed E-state index contributed by atoms with van der Waals surface area (Å²) in [6.07, 6.45) is -8.85. The number of nitrogens with zero attached hydrogens (tertiary/aromatic N) is 3. The number of rotatable bonds is 2. The van der Waals surface area contributed by atoms with Crippen molar-refractivity contribution in [2.75, 3.05) is 0 Å². The number of aryl methyl sites for hydroxylation is 1. The Kier molecular flexibility index (Phi) is 4.41. The molecule has 0 bridgehead atoms. The number of fused-ring (bicyclic) bond motifs is 3. The SMILES string of the molecule is Cc1onc2c1c(C(N)=O)cc1nc(-c3cc(C(F)(F)F)cc(C(F)(F)F)c3)ncc12. The maximum atomic E-state index is 13.1. The molecule has 0 spiro atoms. The van der Waals surface area contributed by atoms with E-state index in [0.717, 1.165) is 0 Å². The number of halogens is 6. The highest BCUT2D eigenvalue weighted by atomic mass is 19.4. The highest BCUT2D eigenvalue weighted by Crippen LogP contribution is 2.38. The van der Waals surface area contributed by atoms with Crippen LogP contribution in [-0.4, -0.2) is 21.0 Å². The molecule has 0 saturated carbocycles. The minimum Gasteiger partial charge on any atom is -0.366 e. The van der Waals surface area contributed by atoms with Crippen LogP contribution < -0.4 is 5.73 Å². The maximum absolute atomic E-state index is 13.1. The monoisotopic (exact) mass is 440 g/mol. The fourth-order valence-corrected chi connectivity index (χ4v) is 3.19. The molecule has 12 heteroatoms. The molecule has 0 radical (unpaired) electrons. The lowest BCUT2D eigenvalue weighted by Crippen LogP contribution is -2.12. The van der Waals surface area contributed by atoms with E-state index in [2.05, 4.69) is 15.1 Å². The van der Waals surface area contributed by atoms with Crippen LogP contribution in [0.15, 0.2) is 35.0 Å². The first kappa shape index (κ1) is 20.6. The van der Waals surface area contributed by atoms with Crippen molar-refractivity contribution in [3.63, 3.8) is 0 Å². The van der Waals surface area contributed by atoms with E-state index in [1.54, 1.807) is 6.92 Å². The number of aromatic nitrogens is 3.